The third kappa shape index (κ3) is 8.20. The zero-order chi connectivity index (χ0) is 34.5. The Hall–Kier alpha value is -5.20. The number of fused-ring (bicyclic) bond motifs is 1. The summed E-state index contributed by atoms with van der Waals surface area (Å²) < 4.78 is 40.0. The van der Waals surface area contributed by atoms with Crippen LogP contribution in [0.15, 0.2) is 97.2 Å². The van der Waals surface area contributed by atoms with Crippen molar-refractivity contribution in [1.29, 1.82) is 0 Å². The molecule has 3 N–H and O–H groups in total. The maximum atomic E-state index is 13.6. The Kier molecular flexibility index (Phi) is 10.2. The molecule has 0 aliphatic rings. The molecule has 2 aromatic heterocycles. The van der Waals surface area contributed by atoms with Crippen molar-refractivity contribution in [3.8, 4) is 22.8 Å². The molecule has 2 heterocycles. The first-order valence-electron chi connectivity index (χ1n) is 15.3. The van der Waals surface area contributed by atoms with Gasteiger partial charge in [-0.2, -0.15) is 0 Å². The predicted octanol–water partition coefficient (Wildman–Crippen LogP) is 5.35. The van der Waals surface area contributed by atoms with Gasteiger partial charge in [-0.25, -0.2) is 13.4 Å². The Morgan fingerprint density at radius 1 is 0.958 bits per heavy atom. The molecule has 0 radical (unpaired) electrons. The Labute approximate surface area is 279 Å². The SMILES string of the molecule is COC[C@H](Cc1ccc(O)cc1)NC(=O)c1cc(NS(=O)(=O)C(C)(C)C)c2cc(-c3cccc(COc4cccc[n+]4[O-])c3)ccc2n1. The summed E-state index contributed by atoms with van der Waals surface area (Å²) >= 11 is 0. The fraction of sp³-hybridized carbons (Fsp3) is 0.250. The Balaban J connectivity index is 1.48. The number of benzene rings is 3. The minimum atomic E-state index is -3.88. The normalized spacial score (nSPS) is 12.4. The van der Waals surface area contributed by atoms with Crippen LogP contribution in [0.2, 0.25) is 0 Å². The van der Waals surface area contributed by atoms with Crippen LogP contribution in [0.25, 0.3) is 22.0 Å². The highest BCUT2D eigenvalue weighted by atomic mass is 32.2. The van der Waals surface area contributed by atoms with Gasteiger partial charge in [0.15, 0.2) is 6.20 Å². The van der Waals surface area contributed by atoms with E-state index in [4.69, 9.17) is 9.47 Å². The maximum Gasteiger partial charge on any atom is 0.379 e. The number of pyridine rings is 2. The second-order valence-corrected chi connectivity index (χ2v) is 14.8. The van der Waals surface area contributed by atoms with Gasteiger partial charge in [0.25, 0.3) is 5.91 Å². The van der Waals surface area contributed by atoms with E-state index >= 15 is 0 Å². The number of phenols is 1. The molecule has 0 aliphatic carbocycles. The molecule has 5 aromatic rings. The number of nitrogens with zero attached hydrogens (tertiary/aromatic N) is 2. The lowest BCUT2D eigenvalue weighted by Gasteiger charge is -2.22. The van der Waals surface area contributed by atoms with Crippen LogP contribution < -0.4 is 19.5 Å². The van der Waals surface area contributed by atoms with Gasteiger partial charge in [0.05, 0.1) is 34.7 Å². The summed E-state index contributed by atoms with van der Waals surface area (Å²) in [5.41, 5.74) is 4.00. The quantitative estimate of drug-likeness (QED) is 0.119. The molecule has 0 fully saturated rings. The molecule has 0 aliphatic heterocycles. The van der Waals surface area contributed by atoms with Crippen molar-refractivity contribution in [2.24, 2.45) is 0 Å². The van der Waals surface area contributed by atoms with E-state index in [0.717, 1.165) is 22.3 Å². The van der Waals surface area contributed by atoms with Crippen molar-refractivity contribution < 1.29 is 32.5 Å². The van der Waals surface area contributed by atoms with Crippen molar-refractivity contribution >= 4 is 32.5 Å². The molecule has 0 saturated carbocycles. The molecular weight excluding hydrogens is 632 g/mol. The first-order chi connectivity index (χ1) is 22.8. The Morgan fingerprint density at radius 2 is 1.71 bits per heavy atom. The fourth-order valence-corrected chi connectivity index (χ4v) is 5.72. The number of methoxy groups -OCH3 is 1. The molecule has 1 atom stereocenters. The van der Waals surface area contributed by atoms with Gasteiger partial charge >= 0.3 is 5.88 Å². The standard InChI is InChI=1S/C36H38N4O7S/c1-36(2,3)48(44,45)39-32-21-33(35(42)37-28(23-46-4)19-24-11-14-29(41)15-12-24)38-31-16-13-27(20-30(31)32)26-9-7-8-25(18-26)22-47-34-10-5-6-17-40(34)43/h5-18,20-21,28,41H,19,22-23H2,1-4H3,(H,37,42)(H,38,39)/t28-/m0/s1. The minimum Gasteiger partial charge on any atom is -0.616 e. The summed E-state index contributed by atoms with van der Waals surface area (Å²) in [5, 5.41) is 25.1. The van der Waals surface area contributed by atoms with Crippen molar-refractivity contribution in [3.63, 3.8) is 0 Å². The molecule has 0 bridgehead atoms. The average molecular weight is 671 g/mol. The van der Waals surface area contributed by atoms with E-state index in [9.17, 15) is 23.5 Å². The third-order valence-corrected chi connectivity index (χ3v) is 9.75. The molecule has 0 saturated heterocycles. The van der Waals surface area contributed by atoms with Gasteiger partial charge < -0.3 is 25.1 Å². The van der Waals surface area contributed by atoms with Crippen LogP contribution in [0.1, 0.15) is 42.4 Å². The average Bonchev–Trinajstić information content (AvgIpc) is 3.04. The van der Waals surface area contributed by atoms with E-state index in [1.54, 1.807) is 69.3 Å². The number of ether oxygens (including phenoxy) is 2. The lowest BCUT2D eigenvalue weighted by Crippen LogP contribution is -2.40. The van der Waals surface area contributed by atoms with Crippen LogP contribution in [-0.4, -0.2) is 48.9 Å². The van der Waals surface area contributed by atoms with Gasteiger partial charge in [0, 0.05) is 18.6 Å². The Bertz CT molecular complexity index is 2030. The predicted molar refractivity (Wildman–Crippen MR) is 184 cm³/mol. The van der Waals surface area contributed by atoms with Gasteiger partial charge in [-0.1, -0.05) is 36.4 Å². The van der Waals surface area contributed by atoms with Crippen molar-refractivity contribution in [2.45, 2.75) is 44.6 Å². The largest absolute Gasteiger partial charge is 0.616 e. The first kappa shape index (κ1) is 34.1. The molecule has 48 heavy (non-hydrogen) atoms. The first-order valence-corrected chi connectivity index (χ1v) is 16.8. The zero-order valence-corrected chi connectivity index (χ0v) is 28.0. The lowest BCUT2D eigenvalue weighted by atomic mass is 10.0. The summed E-state index contributed by atoms with van der Waals surface area (Å²) in [4.78, 5) is 18.2. The summed E-state index contributed by atoms with van der Waals surface area (Å²) in [6.45, 7) is 5.16. The van der Waals surface area contributed by atoms with Crippen LogP contribution >= 0.6 is 0 Å². The van der Waals surface area contributed by atoms with Gasteiger partial charge in [0.2, 0.25) is 10.0 Å². The zero-order valence-electron chi connectivity index (χ0n) is 27.1. The molecule has 5 rings (SSSR count). The van der Waals surface area contributed by atoms with E-state index in [-0.39, 0.29) is 36.2 Å². The second kappa shape index (κ2) is 14.3. The van der Waals surface area contributed by atoms with Crippen LogP contribution in [-0.2, 0) is 27.8 Å². The van der Waals surface area contributed by atoms with Gasteiger partial charge in [0.1, 0.15) is 18.1 Å². The number of phenolic OH excluding ortho intramolecular Hbond substituents is 1. The Morgan fingerprint density at radius 3 is 2.42 bits per heavy atom. The minimum absolute atomic E-state index is 0.0318. The molecule has 1 amide bonds. The van der Waals surface area contributed by atoms with E-state index < -0.39 is 26.7 Å². The molecule has 12 heteroatoms. The van der Waals surface area contributed by atoms with Crippen molar-refractivity contribution in [1.82, 2.24) is 10.3 Å². The topological polar surface area (TPSA) is 154 Å². The molecule has 0 spiro atoms. The van der Waals surface area contributed by atoms with Crippen LogP contribution in [0.5, 0.6) is 11.6 Å². The number of carbonyl (C=O) groups excluding carboxylic acids is 1. The highest BCUT2D eigenvalue weighted by Crippen LogP contribution is 2.32. The van der Waals surface area contributed by atoms with E-state index in [0.29, 0.717) is 22.1 Å². The summed E-state index contributed by atoms with van der Waals surface area (Å²) in [6, 6.07) is 25.7. The van der Waals surface area contributed by atoms with Gasteiger partial charge in [-0.15, -0.1) is 4.73 Å². The second-order valence-electron chi connectivity index (χ2n) is 12.4. The molecule has 3 aromatic carbocycles. The van der Waals surface area contributed by atoms with E-state index in [2.05, 4.69) is 15.0 Å². The number of sulfonamides is 1. The number of amides is 1. The highest BCUT2D eigenvalue weighted by Gasteiger charge is 2.30. The van der Waals surface area contributed by atoms with Crippen molar-refractivity contribution in [3.05, 3.63) is 119 Å². The number of nitrogens with one attached hydrogen (secondary N) is 2. The summed E-state index contributed by atoms with van der Waals surface area (Å²) in [6.07, 6.45) is 1.80. The van der Waals surface area contributed by atoms with E-state index in [1.807, 2.05) is 36.4 Å². The molecule has 250 valence electrons. The number of aromatic nitrogens is 2. The smallest absolute Gasteiger partial charge is 0.379 e. The van der Waals surface area contributed by atoms with Crippen molar-refractivity contribution in [2.75, 3.05) is 18.4 Å². The fourth-order valence-electron chi connectivity index (χ4n) is 4.95. The molecule has 11 nitrogen and oxygen atoms in total. The number of rotatable bonds is 12. The van der Waals surface area contributed by atoms with Crippen LogP contribution in [0.4, 0.5) is 5.69 Å². The number of aromatic hydroxyl groups is 1. The molecule has 0 unspecified atom stereocenters. The van der Waals surface area contributed by atoms with Gasteiger partial charge in [-0.05, 0) is 91.9 Å². The number of hydrogen-bond donors (Lipinski definition) is 3. The van der Waals surface area contributed by atoms with Crippen LogP contribution in [0.3, 0.4) is 0 Å². The summed E-state index contributed by atoms with van der Waals surface area (Å²) in [5.74, 6) is -0.171. The van der Waals surface area contributed by atoms with E-state index in [1.165, 1.54) is 19.4 Å². The van der Waals surface area contributed by atoms with Gasteiger partial charge in [-0.3, -0.25) is 9.52 Å². The van der Waals surface area contributed by atoms with Crippen LogP contribution in [0, 0.1) is 5.21 Å². The third-order valence-electron chi connectivity index (χ3n) is 7.65. The highest BCUT2D eigenvalue weighted by molar-refractivity contribution is 7.94. The molecular formula is C36H38N4O7S. The maximum absolute atomic E-state index is 13.6. The number of anilines is 1. The summed E-state index contributed by atoms with van der Waals surface area (Å²) in [7, 11) is -2.34. The lowest BCUT2D eigenvalue weighted by molar-refractivity contribution is -0.613. The monoisotopic (exact) mass is 670 g/mol. The number of carbonyl (C=O) groups is 1. The number of hydrogen-bond acceptors (Lipinski definition) is 8.